The van der Waals surface area contributed by atoms with Crippen LogP contribution in [0, 0.1) is 5.92 Å². The molecule has 2 unspecified atom stereocenters. The number of nitrogens with one attached hydrogen (secondary N) is 1. The molecule has 1 fully saturated rings. The van der Waals surface area contributed by atoms with Gasteiger partial charge in [-0.15, -0.1) is 0 Å². The van der Waals surface area contributed by atoms with E-state index in [1.807, 2.05) is 0 Å². The number of pyridine rings is 1. The molecule has 1 saturated carbocycles. The molecule has 2 atom stereocenters. The largest absolute Gasteiger partial charge is 0.388 e. The highest BCUT2D eigenvalue weighted by Gasteiger charge is 2.32. The lowest BCUT2D eigenvalue weighted by Crippen LogP contribution is -2.45. The molecule has 2 N–H and O–H groups in total. The molecule has 1 aliphatic carbocycles. The number of hydrogen-bond acceptors (Lipinski definition) is 3. The third-order valence-corrected chi connectivity index (χ3v) is 3.57. The minimum atomic E-state index is -0.741. The number of aromatic nitrogens is 1. The first-order valence-electron chi connectivity index (χ1n) is 6.50. The topological polar surface area (TPSA) is 62.2 Å². The van der Waals surface area contributed by atoms with Crippen molar-refractivity contribution < 1.29 is 9.90 Å². The van der Waals surface area contributed by atoms with Gasteiger partial charge in [0.05, 0.1) is 11.2 Å². The maximum absolute atomic E-state index is 11.8. The summed E-state index contributed by atoms with van der Waals surface area (Å²) in [4.78, 5) is 15.8. The Morgan fingerprint density at radius 1 is 1.67 bits per heavy atom. The maximum atomic E-state index is 11.8. The zero-order valence-electron chi connectivity index (χ0n) is 10.7. The van der Waals surface area contributed by atoms with Crippen LogP contribution in [0.3, 0.4) is 0 Å². The lowest BCUT2D eigenvalue weighted by Gasteiger charge is -2.35. The van der Waals surface area contributed by atoms with E-state index in [1.54, 1.807) is 18.3 Å². The second kappa shape index (κ2) is 5.48. The molecule has 18 heavy (non-hydrogen) atoms. The molecule has 1 amide bonds. The highest BCUT2D eigenvalue weighted by atomic mass is 16.3. The molecular formula is C14H20N2O2. The molecule has 1 aliphatic rings. The fourth-order valence-corrected chi connectivity index (χ4v) is 2.64. The Hall–Kier alpha value is -1.42. The monoisotopic (exact) mass is 248 g/mol. The lowest BCUT2D eigenvalue weighted by molar-refractivity contribution is -0.0109. The molecule has 4 heteroatoms. The summed E-state index contributed by atoms with van der Waals surface area (Å²) >= 11 is 0. The maximum Gasteiger partial charge on any atom is 0.252 e. The van der Waals surface area contributed by atoms with Crippen LogP contribution in [0.15, 0.2) is 24.5 Å². The van der Waals surface area contributed by atoms with Crippen LogP contribution in [-0.4, -0.2) is 28.1 Å². The van der Waals surface area contributed by atoms with E-state index in [1.165, 1.54) is 12.6 Å². The van der Waals surface area contributed by atoms with Crippen LogP contribution >= 0.6 is 0 Å². The third kappa shape index (κ3) is 3.29. The predicted octanol–water partition coefficient (Wildman–Crippen LogP) is 1.75. The molecule has 2 rings (SSSR count). The van der Waals surface area contributed by atoms with Gasteiger partial charge in [-0.05, 0) is 30.9 Å². The van der Waals surface area contributed by atoms with Gasteiger partial charge < -0.3 is 10.4 Å². The normalized spacial score (nSPS) is 27.8. The average Bonchev–Trinajstić information content (AvgIpc) is 2.37. The van der Waals surface area contributed by atoms with E-state index in [9.17, 15) is 9.90 Å². The Bertz CT molecular complexity index is 408. The van der Waals surface area contributed by atoms with Gasteiger partial charge in [0, 0.05) is 18.9 Å². The number of carbonyl (C=O) groups is 1. The van der Waals surface area contributed by atoms with Crippen molar-refractivity contribution in [1.29, 1.82) is 0 Å². The second-order valence-electron chi connectivity index (χ2n) is 5.35. The minimum Gasteiger partial charge on any atom is -0.388 e. The van der Waals surface area contributed by atoms with Crippen molar-refractivity contribution in [2.75, 3.05) is 6.54 Å². The average molecular weight is 248 g/mol. The van der Waals surface area contributed by atoms with Gasteiger partial charge >= 0.3 is 0 Å². The molecule has 0 saturated heterocycles. The Balaban J connectivity index is 1.89. The van der Waals surface area contributed by atoms with E-state index in [0.29, 0.717) is 18.0 Å². The fraction of sp³-hybridized carbons (Fsp3) is 0.571. The standard InChI is InChI=1S/C14H20N2O2/c1-11-4-2-6-14(18,8-11)10-16-13(17)12-5-3-7-15-9-12/h3,5,7,9,11,18H,2,4,6,8,10H2,1H3,(H,16,17). The molecule has 1 aromatic rings. The highest BCUT2D eigenvalue weighted by Crippen LogP contribution is 2.31. The van der Waals surface area contributed by atoms with Gasteiger partial charge in [-0.25, -0.2) is 0 Å². The zero-order valence-corrected chi connectivity index (χ0v) is 10.7. The molecule has 0 aromatic carbocycles. The van der Waals surface area contributed by atoms with E-state index in [-0.39, 0.29) is 5.91 Å². The van der Waals surface area contributed by atoms with Gasteiger partial charge in [0.15, 0.2) is 0 Å². The molecular weight excluding hydrogens is 228 g/mol. The van der Waals surface area contributed by atoms with E-state index >= 15 is 0 Å². The fourth-order valence-electron chi connectivity index (χ4n) is 2.64. The Labute approximate surface area is 107 Å². The van der Waals surface area contributed by atoms with Crippen molar-refractivity contribution in [3.8, 4) is 0 Å². The summed E-state index contributed by atoms with van der Waals surface area (Å²) in [6.07, 6.45) is 6.89. The molecule has 98 valence electrons. The molecule has 0 aliphatic heterocycles. The van der Waals surface area contributed by atoms with Crippen LogP contribution in [0.2, 0.25) is 0 Å². The number of carbonyl (C=O) groups excluding carboxylic acids is 1. The molecule has 0 spiro atoms. The Kier molecular flexibility index (Phi) is 3.97. The molecule has 0 radical (unpaired) electrons. The summed E-state index contributed by atoms with van der Waals surface area (Å²) < 4.78 is 0. The smallest absolute Gasteiger partial charge is 0.252 e. The van der Waals surface area contributed by atoms with Crippen LogP contribution in [-0.2, 0) is 0 Å². The number of amides is 1. The number of aliphatic hydroxyl groups is 1. The quantitative estimate of drug-likeness (QED) is 0.856. The summed E-state index contributed by atoms with van der Waals surface area (Å²) in [6.45, 7) is 2.47. The van der Waals surface area contributed by atoms with Gasteiger partial charge in [-0.2, -0.15) is 0 Å². The van der Waals surface area contributed by atoms with Gasteiger partial charge in [-0.3, -0.25) is 9.78 Å². The van der Waals surface area contributed by atoms with Crippen LogP contribution in [0.1, 0.15) is 43.0 Å². The second-order valence-corrected chi connectivity index (χ2v) is 5.35. The van der Waals surface area contributed by atoms with Crippen molar-refractivity contribution in [3.63, 3.8) is 0 Å². The summed E-state index contributed by atoms with van der Waals surface area (Å²) in [5, 5.41) is 13.2. The number of hydrogen-bond donors (Lipinski definition) is 2. The highest BCUT2D eigenvalue weighted by molar-refractivity contribution is 5.93. The van der Waals surface area contributed by atoms with E-state index in [2.05, 4.69) is 17.2 Å². The van der Waals surface area contributed by atoms with Crippen LogP contribution in [0.4, 0.5) is 0 Å². The Morgan fingerprint density at radius 2 is 2.50 bits per heavy atom. The summed E-state index contributed by atoms with van der Waals surface area (Å²) in [7, 11) is 0. The summed E-state index contributed by atoms with van der Waals surface area (Å²) in [5.41, 5.74) is -0.208. The van der Waals surface area contributed by atoms with Gasteiger partial charge in [0.1, 0.15) is 0 Å². The number of nitrogens with zero attached hydrogens (tertiary/aromatic N) is 1. The van der Waals surface area contributed by atoms with Crippen LogP contribution in [0.5, 0.6) is 0 Å². The zero-order chi connectivity index (χ0) is 13.0. The van der Waals surface area contributed by atoms with E-state index in [0.717, 1.165) is 19.3 Å². The predicted molar refractivity (Wildman–Crippen MR) is 69.2 cm³/mol. The van der Waals surface area contributed by atoms with Gasteiger partial charge in [0.2, 0.25) is 0 Å². The first-order valence-corrected chi connectivity index (χ1v) is 6.50. The first kappa shape index (κ1) is 13.0. The molecule has 1 heterocycles. The van der Waals surface area contributed by atoms with Crippen molar-refractivity contribution in [2.24, 2.45) is 5.92 Å². The van der Waals surface area contributed by atoms with E-state index < -0.39 is 5.60 Å². The van der Waals surface area contributed by atoms with Crippen molar-refractivity contribution in [1.82, 2.24) is 10.3 Å². The van der Waals surface area contributed by atoms with Crippen molar-refractivity contribution in [2.45, 2.75) is 38.2 Å². The van der Waals surface area contributed by atoms with E-state index in [4.69, 9.17) is 0 Å². The van der Waals surface area contributed by atoms with Crippen molar-refractivity contribution >= 4 is 5.91 Å². The molecule has 0 bridgehead atoms. The summed E-state index contributed by atoms with van der Waals surface area (Å²) in [6, 6.07) is 3.45. The SMILES string of the molecule is CC1CCCC(O)(CNC(=O)c2cccnc2)C1. The van der Waals surface area contributed by atoms with Gasteiger partial charge in [0.25, 0.3) is 5.91 Å². The molecule has 1 aromatic heterocycles. The molecule has 4 nitrogen and oxygen atoms in total. The Morgan fingerprint density at radius 3 is 3.17 bits per heavy atom. The van der Waals surface area contributed by atoms with Crippen LogP contribution in [0.25, 0.3) is 0 Å². The minimum absolute atomic E-state index is 0.172. The van der Waals surface area contributed by atoms with Gasteiger partial charge in [-0.1, -0.05) is 19.8 Å². The third-order valence-electron chi connectivity index (χ3n) is 3.57. The number of rotatable bonds is 3. The van der Waals surface area contributed by atoms with Crippen LogP contribution < -0.4 is 5.32 Å². The lowest BCUT2D eigenvalue weighted by atomic mass is 9.79. The summed E-state index contributed by atoms with van der Waals surface area (Å²) in [5.74, 6) is 0.355. The first-order chi connectivity index (χ1) is 8.59. The van der Waals surface area contributed by atoms with Crippen molar-refractivity contribution in [3.05, 3.63) is 30.1 Å².